The number of ketones is 1. The normalized spacial score (nSPS) is 23.6. The van der Waals surface area contributed by atoms with E-state index in [-0.39, 0.29) is 11.7 Å². The number of rotatable bonds is 2. The molecule has 1 aliphatic carbocycles. The molecule has 110 valence electrons. The first-order chi connectivity index (χ1) is 9.29. The molecule has 2 nitrogen and oxygen atoms in total. The average Bonchev–Trinajstić information content (AvgIpc) is 2.37. The second-order valence-corrected chi connectivity index (χ2v) is 7.43. The van der Waals surface area contributed by atoms with Crippen LogP contribution in [0, 0.1) is 17.3 Å². The second kappa shape index (κ2) is 5.77. The zero-order chi connectivity index (χ0) is 14.9. The fourth-order valence-electron chi connectivity index (χ4n) is 3.17. The van der Waals surface area contributed by atoms with Crippen LogP contribution in [0.25, 0.3) is 0 Å². The molecule has 0 aliphatic heterocycles. The summed E-state index contributed by atoms with van der Waals surface area (Å²) in [6.45, 7) is 6.87. The molecule has 0 aromatic heterocycles. The molecule has 2 N–H and O–H groups in total. The number of halogens is 1. The van der Waals surface area contributed by atoms with E-state index in [0.717, 1.165) is 25.7 Å². The molecule has 1 saturated carbocycles. The Morgan fingerprint density at radius 2 is 1.80 bits per heavy atom. The molecule has 1 aromatic rings. The van der Waals surface area contributed by atoms with Gasteiger partial charge in [0, 0.05) is 17.2 Å². The van der Waals surface area contributed by atoms with Gasteiger partial charge in [0.05, 0.1) is 5.02 Å². The lowest BCUT2D eigenvalue weighted by Gasteiger charge is -2.36. The van der Waals surface area contributed by atoms with Crippen molar-refractivity contribution < 1.29 is 4.79 Å². The topological polar surface area (TPSA) is 43.1 Å². The van der Waals surface area contributed by atoms with Gasteiger partial charge in [-0.3, -0.25) is 4.79 Å². The number of benzene rings is 1. The summed E-state index contributed by atoms with van der Waals surface area (Å²) in [7, 11) is 0. The third-order valence-electron chi connectivity index (χ3n) is 4.58. The summed E-state index contributed by atoms with van der Waals surface area (Å²) in [6.07, 6.45) is 4.21. The van der Waals surface area contributed by atoms with Gasteiger partial charge in [-0.05, 0) is 55.2 Å². The van der Waals surface area contributed by atoms with Gasteiger partial charge in [0.15, 0.2) is 5.78 Å². The van der Waals surface area contributed by atoms with E-state index < -0.39 is 0 Å². The molecule has 0 unspecified atom stereocenters. The monoisotopic (exact) mass is 293 g/mol. The van der Waals surface area contributed by atoms with Crippen LogP contribution in [0.2, 0.25) is 5.02 Å². The van der Waals surface area contributed by atoms with Gasteiger partial charge in [-0.2, -0.15) is 0 Å². The van der Waals surface area contributed by atoms with Crippen molar-refractivity contribution in [3.8, 4) is 0 Å². The van der Waals surface area contributed by atoms with Gasteiger partial charge in [-0.25, -0.2) is 0 Å². The molecule has 1 aliphatic rings. The first-order valence-electron chi connectivity index (χ1n) is 7.38. The van der Waals surface area contributed by atoms with Crippen molar-refractivity contribution in [2.75, 3.05) is 5.73 Å². The van der Waals surface area contributed by atoms with Crippen molar-refractivity contribution in [2.24, 2.45) is 17.3 Å². The van der Waals surface area contributed by atoms with Crippen LogP contribution < -0.4 is 5.73 Å². The van der Waals surface area contributed by atoms with Crippen molar-refractivity contribution in [3.63, 3.8) is 0 Å². The fraction of sp³-hybridized carbons (Fsp3) is 0.588. The van der Waals surface area contributed by atoms with Gasteiger partial charge in [-0.15, -0.1) is 0 Å². The predicted octanol–water partition coefficient (Wildman–Crippen LogP) is 4.96. The standard InChI is InChI=1S/C17H24ClNO/c1-17(2,3)12-6-4-11(5-7-12)16(20)14-9-8-13(19)10-15(14)18/h8-12H,4-7,19H2,1-3H3. The Bertz CT molecular complexity index is 496. The van der Waals surface area contributed by atoms with Crippen LogP contribution >= 0.6 is 11.6 Å². The third-order valence-corrected chi connectivity index (χ3v) is 4.89. The highest BCUT2D eigenvalue weighted by molar-refractivity contribution is 6.34. The van der Waals surface area contributed by atoms with Crippen molar-refractivity contribution >= 4 is 23.1 Å². The second-order valence-electron chi connectivity index (χ2n) is 7.02. The smallest absolute Gasteiger partial charge is 0.167 e. The number of nitrogens with two attached hydrogens (primary N) is 1. The first kappa shape index (κ1) is 15.4. The van der Waals surface area contributed by atoms with Crippen LogP contribution in [0.1, 0.15) is 56.8 Å². The maximum atomic E-state index is 12.6. The van der Waals surface area contributed by atoms with E-state index in [9.17, 15) is 4.79 Å². The molecule has 0 bridgehead atoms. The number of Topliss-reactive ketones (excluding diaryl/α,β-unsaturated/α-hetero) is 1. The van der Waals surface area contributed by atoms with E-state index in [1.54, 1.807) is 18.2 Å². The zero-order valence-corrected chi connectivity index (χ0v) is 13.3. The van der Waals surface area contributed by atoms with Gasteiger partial charge >= 0.3 is 0 Å². The number of carbonyl (C=O) groups is 1. The summed E-state index contributed by atoms with van der Waals surface area (Å²) in [5.41, 5.74) is 7.24. The van der Waals surface area contributed by atoms with Gasteiger partial charge in [0.1, 0.15) is 0 Å². The molecule has 1 fully saturated rings. The molecule has 2 rings (SSSR count). The quantitative estimate of drug-likeness (QED) is 0.619. The average molecular weight is 294 g/mol. The van der Waals surface area contributed by atoms with Crippen molar-refractivity contribution in [1.82, 2.24) is 0 Å². The molecule has 0 atom stereocenters. The molecular formula is C17H24ClNO. The minimum absolute atomic E-state index is 0.120. The van der Waals surface area contributed by atoms with E-state index >= 15 is 0 Å². The van der Waals surface area contributed by atoms with E-state index in [4.69, 9.17) is 17.3 Å². The van der Waals surface area contributed by atoms with E-state index in [1.165, 1.54) is 0 Å². The Morgan fingerprint density at radius 3 is 2.30 bits per heavy atom. The van der Waals surface area contributed by atoms with E-state index in [0.29, 0.717) is 27.6 Å². The van der Waals surface area contributed by atoms with Crippen LogP contribution in [0.15, 0.2) is 18.2 Å². The molecule has 0 amide bonds. The Labute approximate surface area is 126 Å². The van der Waals surface area contributed by atoms with Crippen LogP contribution in [-0.4, -0.2) is 5.78 Å². The molecule has 20 heavy (non-hydrogen) atoms. The Balaban J connectivity index is 2.05. The molecule has 0 radical (unpaired) electrons. The largest absolute Gasteiger partial charge is 0.399 e. The minimum atomic E-state index is 0.120. The third kappa shape index (κ3) is 3.35. The SMILES string of the molecule is CC(C)(C)C1CCC(C(=O)c2ccc(N)cc2Cl)CC1. The number of anilines is 1. The minimum Gasteiger partial charge on any atom is -0.399 e. The number of carbonyl (C=O) groups excluding carboxylic acids is 1. The molecular weight excluding hydrogens is 270 g/mol. The van der Waals surface area contributed by atoms with Crippen LogP contribution in [-0.2, 0) is 0 Å². The first-order valence-corrected chi connectivity index (χ1v) is 7.76. The lowest BCUT2D eigenvalue weighted by atomic mass is 9.69. The van der Waals surface area contributed by atoms with E-state index in [2.05, 4.69) is 20.8 Å². The van der Waals surface area contributed by atoms with Gasteiger partial charge in [0.2, 0.25) is 0 Å². The molecule has 0 spiro atoms. The molecule has 1 aromatic carbocycles. The van der Waals surface area contributed by atoms with Crippen molar-refractivity contribution in [2.45, 2.75) is 46.5 Å². The van der Waals surface area contributed by atoms with E-state index in [1.807, 2.05) is 0 Å². The van der Waals surface area contributed by atoms with Crippen LogP contribution in [0.3, 0.4) is 0 Å². The summed E-state index contributed by atoms with van der Waals surface area (Å²) in [5.74, 6) is 1.02. The van der Waals surface area contributed by atoms with Crippen LogP contribution in [0.5, 0.6) is 0 Å². The zero-order valence-electron chi connectivity index (χ0n) is 12.6. The predicted molar refractivity (Wildman–Crippen MR) is 85.1 cm³/mol. The summed E-state index contributed by atoms with van der Waals surface area (Å²) in [4.78, 5) is 12.6. The maximum absolute atomic E-state index is 12.6. The molecule has 0 saturated heterocycles. The number of hydrogen-bond acceptors (Lipinski definition) is 2. The number of nitrogen functional groups attached to an aromatic ring is 1. The summed E-state index contributed by atoms with van der Waals surface area (Å²) < 4.78 is 0. The van der Waals surface area contributed by atoms with Crippen LogP contribution in [0.4, 0.5) is 5.69 Å². The van der Waals surface area contributed by atoms with Gasteiger partial charge < -0.3 is 5.73 Å². The van der Waals surface area contributed by atoms with Gasteiger partial charge in [-0.1, -0.05) is 32.4 Å². The lowest BCUT2D eigenvalue weighted by Crippen LogP contribution is -2.29. The lowest BCUT2D eigenvalue weighted by molar-refractivity contribution is 0.0819. The van der Waals surface area contributed by atoms with Gasteiger partial charge in [0.25, 0.3) is 0 Å². The van der Waals surface area contributed by atoms with Crippen molar-refractivity contribution in [1.29, 1.82) is 0 Å². The Morgan fingerprint density at radius 1 is 1.20 bits per heavy atom. The highest BCUT2D eigenvalue weighted by Crippen LogP contribution is 2.41. The van der Waals surface area contributed by atoms with Crippen molar-refractivity contribution in [3.05, 3.63) is 28.8 Å². The Hall–Kier alpha value is -1.02. The Kier molecular flexibility index (Phi) is 4.43. The number of hydrogen-bond donors (Lipinski definition) is 1. The summed E-state index contributed by atoms with van der Waals surface area (Å²) in [6, 6.07) is 5.17. The highest BCUT2D eigenvalue weighted by atomic mass is 35.5. The fourth-order valence-corrected chi connectivity index (χ4v) is 3.45. The summed E-state index contributed by atoms with van der Waals surface area (Å²) in [5, 5.41) is 0.480. The highest BCUT2D eigenvalue weighted by Gasteiger charge is 2.33. The molecule has 3 heteroatoms. The summed E-state index contributed by atoms with van der Waals surface area (Å²) >= 11 is 6.14. The molecule has 0 heterocycles. The maximum Gasteiger partial charge on any atom is 0.167 e.